The Hall–Kier alpha value is -3.14. The maximum Gasteiger partial charge on any atom is 0.227 e. The van der Waals surface area contributed by atoms with Crippen molar-refractivity contribution in [3.8, 4) is 28.3 Å². The van der Waals surface area contributed by atoms with E-state index in [4.69, 9.17) is 9.15 Å². The Kier molecular flexibility index (Phi) is 5.11. The predicted molar refractivity (Wildman–Crippen MR) is 110 cm³/mol. The summed E-state index contributed by atoms with van der Waals surface area (Å²) in [5.74, 6) is 1.67. The zero-order valence-corrected chi connectivity index (χ0v) is 16.0. The molecule has 0 saturated carbocycles. The molecule has 3 nitrogen and oxygen atoms in total. The number of ether oxygens (including phenoxy) is 1. The van der Waals surface area contributed by atoms with E-state index in [1.54, 1.807) is 12.1 Å². The molecule has 4 aromatic rings. The number of benzene rings is 3. The lowest BCUT2D eigenvalue weighted by Crippen LogP contribution is -2.01. The molecule has 4 rings (SSSR count). The van der Waals surface area contributed by atoms with Crippen LogP contribution in [0.4, 0.5) is 4.39 Å². The highest BCUT2D eigenvalue weighted by Gasteiger charge is 2.12. The first kappa shape index (κ1) is 18.2. The number of hydrogen-bond donors (Lipinski definition) is 0. The molecule has 0 amide bonds. The number of hydrogen-bond acceptors (Lipinski definition) is 3. The largest absolute Gasteiger partial charge is 0.494 e. The summed E-state index contributed by atoms with van der Waals surface area (Å²) in [6, 6.07) is 20.0. The van der Waals surface area contributed by atoms with E-state index in [1.807, 2.05) is 48.5 Å². The SMILES string of the molecule is CC(C)CCOc1cccc(-c2nc3ccc(-c4ccccc4F)cc3o2)c1. The van der Waals surface area contributed by atoms with E-state index in [0.29, 0.717) is 29.6 Å². The van der Waals surface area contributed by atoms with Crippen LogP contribution in [-0.2, 0) is 0 Å². The van der Waals surface area contributed by atoms with E-state index >= 15 is 0 Å². The topological polar surface area (TPSA) is 35.3 Å². The molecule has 1 heterocycles. The van der Waals surface area contributed by atoms with Crippen molar-refractivity contribution >= 4 is 11.1 Å². The third kappa shape index (κ3) is 3.91. The molecule has 0 radical (unpaired) electrons. The molecular weight excluding hydrogens is 353 g/mol. The lowest BCUT2D eigenvalue weighted by molar-refractivity contribution is 0.289. The van der Waals surface area contributed by atoms with Crippen molar-refractivity contribution in [2.45, 2.75) is 20.3 Å². The van der Waals surface area contributed by atoms with Gasteiger partial charge in [0.15, 0.2) is 5.58 Å². The standard InChI is InChI=1S/C24H22FNO2/c1-16(2)12-13-27-19-7-5-6-18(14-19)24-26-22-11-10-17(15-23(22)28-24)20-8-3-4-9-21(20)25/h3-11,14-16H,12-13H2,1-2H3. The third-order valence-electron chi connectivity index (χ3n) is 4.62. The summed E-state index contributed by atoms with van der Waals surface area (Å²) < 4.78 is 25.9. The predicted octanol–water partition coefficient (Wildman–Crippen LogP) is 6.73. The van der Waals surface area contributed by atoms with Gasteiger partial charge in [-0.1, -0.05) is 44.2 Å². The highest BCUT2D eigenvalue weighted by Crippen LogP contribution is 2.30. The van der Waals surface area contributed by atoms with E-state index in [2.05, 4.69) is 18.8 Å². The molecule has 0 aliphatic rings. The fourth-order valence-corrected chi connectivity index (χ4v) is 3.04. The number of halogens is 1. The number of fused-ring (bicyclic) bond motifs is 1. The summed E-state index contributed by atoms with van der Waals surface area (Å²) in [6.45, 7) is 5.03. The number of oxazole rings is 1. The van der Waals surface area contributed by atoms with Crippen LogP contribution in [-0.4, -0.2) is 11.6 Å². The van der Waals surface area contributed by atoms with Crippen molar-refractivity contribution in [2.24, 2.45) is 5.92 Å². The van der Waals surface area contributed by atoms with E-state index in [-0.39, 0.29) is 5.82 Å². The lowest BCUT2D eigenvalue weighted by Gasteiger charge is -2.08. The van der Waals surface area contributed by atoms with Crippen molar-refractivity contribution in [3.63, 3.8) is 0 Å². The number of nitrogens with zero attached hydrogens (tertiary/aromatic N) is 1. The maximum atomic E-state index is 14.1. The van der Waals surface area contributed by atoms with Crippen LogP contribution in [0.2, 0.25) is 0 Å². The van der Waals surface area contributed by atoms with Crippen molar-refractivity contribution in [2.75, 3.05) is 6.61 Å². The molecule has 0 fully saturated rings. The second-order valence-electron chi connectivity index (χ2n) is 7.24. The summed E-state index contributed by atoms with van der Waals surface area (Å²) in [5, 5.41) is 0. The van der Waals surface area contributed by atoms with Crippen LogP contribution in [0.25, 0.3) is 33.7 Å². The van der Waals surface area contributed by atoms with Gasteiger partial charge < -0.3 is 9.15 Å². The van der Waals surface area contributed by atoms with Crippen LogP contribution >= 0.6 is 0 Å². The molecule has 142 valence electrons. The van der Waals surface area contributed by atoms with Gasteiger partial charge in [0.25, 0.3) is 0 Å². The molecule has 0 aliphatic carbocycles. The van der Waals surface area contributed by atoms with Gasteiger partial charge in [0.1, 0.15) is 17.1 Å². The summed E-state index contributed by atoms with van der Waals surface area (Å²) in [5.41, 5.74) is 3.52. The van der Waals surface area contributed by atoms with Gasteiger partial charge in [-0.25, -0.2) is 9.37 Å². The Morgan fingerprint density at radius 2 is 1.82 bits per heavy atom. The Bertz CT molecular complexity index is 1100. The van der Waals surface area contributed by atoms with E-state index in [9.17, 15) is 4.39 Å². The first-order chi connectivity index (χ1) is 13.6. The fourth-order valence-electron chi connectivity index (χ4n) is 3.04. The van der Waals surface area contributed by atoms with Gasteiger partial charge >= 0.3 is 0 Å². The average Bonchev–Trinajstić information content (AvgIpc) is 3.12. The minimum atomic E-state index is -0.257. The van der Waals surface area contributed by atoms with E-state index in [0.717, 1.165) is 28.8 Å². The summed E-state index contributed by atoms with van der Waals surface area (Å²) in [4.78, 5) is 4.57. The molecule has 0 atom stereocenters. The zero-order valence-electron chi connectivity index (χ0n) is 16.0. The summed E-state index contributed by atoms with van der Waals surface area (Å²) in [6.07, 6.45) is 1.01. The lowest BCUT2D eigenvalue weighted by atomic mass is 10.1. The molecule has 0 bridgehead atoms. The van der Waals surface area contributed by atoms with Gasteiger partial charge in [-0.2, -0.15) is 0 Å². The van der Waals surface area contributed by atoms with Crippen LogP contribution < -0.4 is 4.74 Å². The third-order valence-corrected chi connectivity index (χ3v) is 4.62. The van der Waals surface area contributed by atoms with Gasteiger partial charge in [-0.05, 0) is 54.3 Å². The van der Waals surface area contributed by atoms with Crippen molar-refractivity contribution in [3.05, 3.63) is 72.5 Å². The Balaban J connectivity index is 1.62. The zero-order chi connectivity index (χ0) is 19.5. The molecule has 0 unspecified atom stereocenters. The Morgan fingerprint density at radius 1 is 0.964 bits per heavy atom. The van der Waals surface area contributed by atoms with Crippen molar-refractivity contribution in [1.82, 2.24) is 4.98 Å². The monoisotopic (exact) mass is 375 g/mol. The van der Waals surface area contributed by atoms with Gasteiger partial charge in [0, 0.05) is 11.1 Å². The molecule has 0 aliphatic heterocycles. The Labute approximate surface area is 163 Å². The van der Waals surface area contributed by atoms with Crippen molar-refractivity contribution in [1.29, 1.82) is 0 Å². The highest BCUT2D eigenvalue weighted by molar-refractivity contribution is 5.82. The van der Waals surface area contributed by atoms with Gasteiger partial charge in [0.05, 0.1) is 6.61 Å². The summed E-state index contributed by atoms with van der Waals surface area (Å²) in [7, 11) is 0. The number of aromatic nitrogens is 1. The molecule has 4 heteroatoms. The molecule has 1 aromatic heterocycles. The maximum absolute atomic E-state index is 14.1. The van der Waals surface area contributed by atoms with Crippen LogP contribution in [0.1, 0.15) is 20.3 Å². The van der Waals surface area contributed by atoms with Crippen LogP contribution in [0.3, 0.4) is 0 Å². The van der Waals surface area contributed by atoms with Crippen LogP contribution in [0.5, 0.6) is 5.75 Å². The minimum Gasteiger partial charge on any atom is -0.494 e. The summed E-state index contributed by atoms with van der Waals surface area (Å²) >= 11 is 0. The van der Waals surface area contributed by atoms with Crippen LogP contribution in [0.15, 0.2) is 71.1 Å². The molecule has 0 saturated heterocycles. The van der Waals surface area contributed by atoms with Crippen LogP contribution in [0, 0.1) is 11.7 Å². The number of rotatable bonds is 6. The fraction of sp³-hybridized carbons (Fsp3) is 0.208. The molecule has 0 spiro atoms. The first-order valence-electron chi connectivity index (χ1n) is 9.49. The molecule has 0 N–H and O–H groups in total. The van der Waals surface area contributed by atoms with Gasteiger partial charge in [-0.15, -0.1) is 0 Å². The van der Waals surface area contributed by atoms with E-state index < -0.39 is 0 Å². The minimum absolute atomic E-state index is 0.257. The van der Waals surface area contributed by atoms with E-state index in [1.165, 1.54) is 6.07 Å². The first-order valence-corrected chi connectivity index (χ1v) is 9.49. The second kappa shape index (κ2) is 7.85. The Morgan fingerprint density at radius 3 is 2.64 bits per heavy atom. The molecule has 28 heavy (non-hydrogen) atoms. The van der Waals surface area contributed by atoms with Crippen molar-refractivity contribution < 1.29 is 13.5 Å². The van der Waals surface area contributed by atoms with Gasteiger partial charge in [0.2, 0.25) is 5.89 Å². The molecular formula is C24H22FNO2. The normalized spacial score (nSPS) is 11.3. The quantitative estimate of drug-likeness (QED) is 0.375. The molecule has 3 aromatic carbocycles. The second-order valence-corrected chi connectivity index (χ2v) is 7.24. The smallest absolute Gasteiger partial charge is 0.227 e. The highest BCUT2D eigenvalue weighted by atomic mass is 19.1. The van der Waals surface area contributed by atoms with Gasteiger partial charge in [-0.3, -0.25) is 0 Å². The average molecular weight is 375 g/mol.